The fraction of sp³-hybridized carbons (Fsp3) is 0.312. The van der Waals surface area contributed by atoms with Gasteiger partial charge < -0.3 is 4.74 Å². The first-order valence-electron chi connectivity index (χ1n) is 6.60. The molecular formula is C16H16Cl2O2S. The van der Waals surface area contributed by atoms with Crippen molar-refractivity contribution >= 4 is 40.3 Å². The van der Waals surface area contributed by atoms with Crippen molar-refractivity contribution in [3.05, 3.63) is 49.6 Å². The number of halogens is 2. The van der Waals surface area contributed by atoms with Crippen molar-refractivity contribution < 1.29 is 9.53 Å². The van der Waals surface area contributed by atoms with Gasteiger partial charge in [-0.1, -0.05) is 49.2 Å². The molecule has 0 atom stereocenters. The highest BCUT2D eigenvalue weighted by Gasteiger charge is 2.15. The van der Waals surface area contributed by atoms with Gasteiger partial charge in [0.2, 0.25) is 5.78 Å². The van der Waals surface area contributed by atoms with Gasteiger partial charge in [0.15, 0.2) is 6.61 Å². The Bertz CT molecular complexity index is 662. The second kappa shape index (κ2) is 6.82. The summed E-state index contributed by atoms with van der Waals surface area (Å²) in [5, 5.41) is 0. The van der Waals surface area contributed by atoms with Crippen molar-refractivity contribution in [1.29, 1.82) is 0 Å². The maximum atomic E-state index is 12.1. The number of carbonyl (C=O) groups is 1. The number of ketones is 1. The molecule has 5 heteroatoms. The Balaban J connectivity index is 2.11. The molecule has 0 amide bonds. The number of thiophene rings is 1. The molecule has 0 bridgehead atoms. The summed E-state index contributed by atoms with van der Waals surface area (Å²) in [4.78, 5) is 12.1. The Hall–Kier alpha value is -1.03. The van der Waals surface area contributed by atoms with Gasteiger partial charge in [0.05, 0.1) is 9.90 Å². The van der Waals surface area contributed by atoms with E-state index in [1.54, 1.807) is 6.07 Å². The van der Waals surface area contributed by atoms with Crippen molar-refractivity contribution in [3.63, 3.8) is 0 Å². The lowest BCUT2D eigenvalue weighted by molar-refractivity contribution is 0.0921. The van der Waals surface area contributed by atoms with E-state index in [9.17, 15) is 4.79 Å². The molecule has 1 heterocycles. The molecule has 0 aliphatic rings. The maximum Gasteiger partial charge on any atom is 0.202 e. The number of hydrogen-bond acceptors (Lipinski definition) is 3. The average Bonchev–Trinajstić information content (AvgIpc) is 2.76. The van der Waals surface area contributed by atoms with Crippen LogP contribution < -0.4 is 4.74 Å². The molecule has 0 fully saturated rings. The maximum absolute atomic E-state index is 12.1. The average molecular weight is 343 g/mol. The lowest BCUT2D eigenvalue weighted by atomic mass is 10.0. The van der Waals surface area contributed by atoms with Crippen molar-refractivity contribution in [2.24, 2.45) is 0 Å². The molecule has 0 spiro atoms. The third kappa shape index (κ3) is 4.00. The Kier molecular flexibility index (Phi) is 5.31. The molecule has 112 valence electrons. The Labute approximate surface area is 138 Å². The molecule has 1 aromatic heterocycles. The third-order valence-electron chi connectivity index (χ3n) is 3.19. The number of ether oxygens (including phenoxy) is 1. The van der Waals surface area contributed by atoms with E-state index in [1.165, 1.54) is 16.9 Å². The van der Waals surface area contributed by atoms with E-state index in [0.29, 0.717) is 20.2 Å². The summed E-state index contributed by atoms with van der Waals surface area (Å²) in [5.41, 5.74) is 2.60. The van der Waals surface area contributed by atoms with E-state index < -0.39 is 0 Å². The lowest BCUT2D eigenvalue weighted by Gasteiger charge is -2.12. The molecule has 2 aromatic rings. The fourth-order valence-corrected chi connectivity index (χ4v) is 3.38. The van der Waals surface area contributed by atoms with Crippen LogP contribution in [0.5, 0.6) is 5.75 Å². The Morgan fingerprint density at radius 1 is 1.29 bits per heavy atom. The van der Waals surface area contributed by atoms with Gasteiger partial charge in [0, 0.05) is 0 Å². The molecule has 0 aliphatic carbocycles. The zero-order valence-corrected chi connectivity index (χ0v) is 14.4. The minimum absolute atomic E-state index is 0.0465. The first kappa shape index (κ1) is 16.3. The van der Waals surface area contributed by atoms with E-state index in [4.69, 9.17) is 27.9 Å². The van der Waals surface area contributed by atoms with Gasteiger partial charge in [-0.25, -0.2) is 0 Å². The lowest BCUT2D eigenvalue weighted by Crippen LogP contribution is -2.12. The van der Waals surface area contributed by atoms with Crippen LogP contribution in [0.15, 0.2) is 24.3 Å². The van der Waals surface area contributed by atoms with Crippen molar-refractivity contribution in [2.75, 3.05) is 6.61 Å². The van der Waals surface area contributed by atoms with Crippen LogP contribution in [0.2, 0.25) is 8.67 Å². The zero-order chi connectivity index (χ0) is 15.6. The van der Waals surface area contributed by atoms with E-state index in [1.807, 2.05) is 19.1 Å². The molecule has 2 rings (SSSR count). The fourth-order valence-electron chi connectivity index (χ4n) is 1.88. The summed E-state index contributed by atoms with van der Waals surface area (Å²) in [7, 11) is 0. The molecule has 0 saturated heterocycles. The molecule has 0 saturated carbocycles. The molecule has 1 aromatic carbocycles. The normalized spacial score (nSPS) is 11.0. The van der Waals surface area contributed by atoms with E-state index in [2.05, 4.69) is 19.9 Å². The second-order valence-corrected chi connectivity index (χ2v) is 7.41. The highest BCUT2D eigenvalue weighted by atomic mass is 35.5. The topological polar surface area (TPSA) is 26.3 Å². The smallest absolute Gasteiger partial charge is 0.202 e. The highest BCUT2D eigenvalue weighted by molar-refractivity contribution is 7.20. The minimum atomic E-state index is -0.169. The summed E-state index contributed by atoms with van der Waals surface area (Å²) in [6.45, 7) is 6.15. The van der Waals surface area contributed by atoms with Crippen LogP contribution in [-0.2, 0) is 0 Å². The number of carbonyl (C=O) groups excluding carboxylic acids is 1. The number of benzene rings is 1. The van der Waals surface area contributed by atoms with Gasteiger partial charge in [0.25, 0.3) is 0 Å². The van der Waals surface area contributed by atoms with E-state index in [0.717, 1.165) is 11.3 Å². The van der Waals surface area contributed by atoms with Gasteiger partial charge in [0.1, 0.15) is 10.1 Å². The first-order valence-corrected chi connectivity index (χ1v) is 8.17. The van der Waals surface area contributed by atoms with Crippen molar-refractivity contribution in [1.82, 2.24) is 0 Å². The number of hydrogen-bond donors (Lipinski definition) is 0. The second-order valence-electron chi connectivity index (χ2n) is 5.13. The van der Waals surface area contributed by atoms with Crippen LogP contribution in [0, 0.1) is 6.92 Å². The van der Waals surface area contributed by atoms with Gasteiger partial charge in [-0.2, -0.15) is 0 Å². The Morgan fingerprint density at radius 3 is 2.57 bits per heavy atom. The first-order chi connectivity index (χ1) is 9.88. The Morgan fingerprint density at radius 2 is 2.00 bits per heavy atom. The van der Waals surface area contributed by atoms with Gasteiger partial charge in [-0.3, -0.25) is 4.79 Å². The van der Waals surface area contributed by atoms with Crippen LogP contribution >= 0.6 is 34.5 Å². The van der Waals surface area contributed by atoms with Gasteiger partial charge >= 0.3 is 0 Å². The number of rotatable bonds is 5. The zero-order valence-electron chi connectivity index (χ0n) is 12.1. The summed E-state index contributed by atoms with van der Waals surface area (Å²) < 4.78 is 6.57. The van der Waals surface area contributed by atoms with E-state index >= 15 is 0 Å². The van der Waals surface area contributed by atoms with Crippen LogP contribution in [0.25, 0.3) is 0 Å². The van der Waals surface area contributed by atoms with Crippen LogP contribution in [0.3, 0.4) is 0 Å². The molecule has 0 radical (unpaired) electrons. The van der Waals surface area contributed by atoms with Gasteiger partial charge in [-0.05, 0) is 36.1 Å². The molecular weight excluding hydrogens is 327 g/mol. The van der Waals surface area contributed by atoms with E-state index in [-0.39, 0.29) is 12.4 Å². The molecule has 21 heavy (non-hydrogen) atoms. The summed E-state index contributed by atoms with van der Waals surface area (Å²) >= 11 is 13.0. The summed E-state index contributed by atoms with van der Waals surface area (Å²) in [6, 6.07) is 7.64. The standard InChI is InChI=1S/C16H16Cl2O2S/c1-9(2)11-5-4-10(3)14(6-11)20-8-13(19)12-7-15(17)21-16(12)18/h4-7,9H,8H2,1-3H3. The summed E-state index contributed by atoms with van der Waals surface area (Å²) in [5.74, 6) is 0.971. The predicted molar refractivity (Wildman–Crippen MR) is 89.4 cm³/mol. The monoisotopic (exact) mass is 342 g/mol. The SMILES string of the molecule is Cc1ccc(C(C)C)cc1OCC(=O)c1cc(Cl)sc1Cl. The molecule has 0 N–H and O–H groups in total. The van der Waals surface area contributed by atoms with Crippen LogP contribution in [0.1, 0.15) is 41.3 Å². The molecule has 0 aliphatic heterocycles. The highest BCUT2D eigenvalue weighted by Crippen LogP contribution is 2.31. The largest absolute Gasteiger partial charge is 0.485 e. The summed E-state index contributed by atoms with van der Waals surface area (Å²) in [6.07, 6.45) is 0. The van der Waals surface area contributed by atoms with Crippen molar-refractivity contribution in [3.8, 4) is 5.75 Å². The predicted octanol–water partition coefficient (Wildman–Crippen LogP) is 5.75. The third-order valence-corrected chi connectivity index (χ3v) is 4.68. The molecule has 2 nitrogen and oxygen atoms in total. The number of aryl methyl sites for hydroxylation is 1. The van der Waals surface area contributed by atoms with Crippen LogP contribution in [-0.4, -0.2) is 12.4 Å². The minimum Gasteiger partial charge on any atom is -0.485 e. The quantitative estimate of drug-likeness (QED) is 0.646. The van der Waals surface area contributed by atoms with Crippen molar-refractivity contribution in [2.45, 2.75) is 26.7 Å². The van der Waals surface area contributed by atoms with Gasteiger partial charge in [-0.15, -0.1) is 11.3 Å². The van der Waals surface area contributed by atoms with Crippen LogP contribution in [0.4, 0.5) is 0 Å². The number of Topliss-reactive ketones (excluding diaryl/α,β-unsaturated/α-hetero) is 1. The molecule has 0 unspecified atom stereocenters.